The van der Waals surface area contributed by atoms with Gasteiger partial charge in [-0.2, -0.15) is 0 Å². The second-order valence-corrected chi connectivity index (χ2v) is 12.5. The van der Waals surface area contributed by atoms with Crippen molar-refractivity contribution >= 4 is 50.6 Å². The number of hydrogen-bond acceptors (Lipinski definition) is 0. The van der Waals surface area contributed by atoms with Gasteiger partial charge in [0.15, 0.2) is 8.07 Å². The van der Waals surface area contributed by atoms with Gasteiger partial charge in [-0.25, -0.2) is 0 Å². The van der Waals surface area contributed by atoms with Gasteiger partial charge in [0.1, 0.15) is 0 Å². The van der Waals surface area contributed by atoms with E-state index in [1.807, 2.05) is 0 Å². The van der Waals surface area contributed by atoms with Gasteiger partial charge in [0.2, 0.25) is 0 Å². The monoisotopic (exact) mass is 439 g/mol. The van der Waals surface area contributed by atoms with Crippen molar-refractivity contribution in [3.05, 3.63) is 133 Å². The van der Waals surface area contributed by atoms with Crippen LogP contribution in [0.1, 0.15) is 0 Å². The Bertz CT molecular complexity index is 1450. The summed E-state index contributed by atoms with van der Waals surface area (Å²) in [4.78, 5) is 0. The summed E-state index contributed by atoms with van der Waals surface area (Å²) in [6.45, 7) is 0. The molecule has 0 atom stereocenters. The Balaban J connectivity index is 1.76. The molecule has 1 nitrogen and oxygen atoms in total. The molecule has 6 rings (SSSR count). The van der Waals surface area contributed by atoms with Crippen LogP contribution in [-0.4, -0.2) is 12.6 Å². The number of para-hydroxylation sites is 1. The fourth-order valence-corrected chi connectivity index (χ4v) is 10.2. The molecule has 0 aliphatic carbocycles. The Labute approximate surface area is 195 Å². The van der Waals surface area contributed by atoms with Crippen molar-refractivity contribution in [2.45, 2.75) is 0 Å². The van der Waals surface area contributed by atoms with Gasteiger partial charge >= 0.3 is 0 Å². The Hall–Kier alpha value is -3.88. The summed E-state index contributed by atoms with van der Waals surface area (Å²) in [7, 11) is -0.317. The van der Waals surface area contributed by atoms with Crippen LogP contribution >= 0.6 is 0 Å². The van der Waals surface area contributed by atoms with Gasteiger partial charge < -0.3 is 4.57 Å². The van der Waals surface area contributed by atoms with E-state index in [-0.39, 0.29) is 0 Å². The largest absolute Gasteiger partial charge is 0.344 e. The van der Waals surface area contributed by atoms with Crippen molar-refractivity contribution in [2.75, 3.05) is 0 Å². The van der Waals surface area contributed by atoms with E-state index in [0.29, 0.717) is 0 Å². The predicted molar refractivity (Wildman–Crippen MR) is 144 cm³/mol. The summed E-state index contributed by atoms with van der Waals surface area (Å²) in [6, 6.07) is 49.2. The average Bonchev–Trinajstić information content (AvgIpc) is 3.18. The van der Waals surface area contributed by atoms with Crippen molar-refractivity contribution in [1.29, 1.82) is 0 Å². The highest BCUT2D eigenvalue weighted by molar-refractivity contribution is 7.20. The number of nitrogens with zero attached hydrogens (tertiary/aromatic N) is 1. The Morgan fingerprint density at radius 3 is 1.42 bits per heavy atom. The number of fused-ring (bicyclic) bond motifs is 3. The fraction of sp³-hybridized carbons (Fsp3) is 0.0323. The molecule has 0 saturated heterocycles. The summed E-state index contributed by atoms with van der Waals surface area (Å²) >= 11 is 0. The SMILES string of the molecule is Cn1c2ccccc2c2ccc([Si](c3ccccc3)(c3ccccc3)c3ccccc3)cc21. The summed E-state index contributed by atoms with van der Waals surface area (Å²) < 4.78 is 2.34. The van der Waals surface area contributed by atoms with E-state index in [2.05, 4.69) is 145 Å². The van der Waals surface area contributed by atoms with Crippen LogP contribution in [0.4, 0.5) is 0 Å². The zero-order valence-corrected chi connectivity index (χ0v) is 19.6. The van der Waals surface area contributed by atoms with Gasteiger partial charge in [-0.15, -0.1) is 0 Å². The summed E-state index contributed by atoms with van der Waals surface area (Å²) in [5.74, 6) is 0. The number of hydrogen-bond donors (Lipinski definition) is 0. The second kappa shape index (κ2) is 7.91. The lowest BCUT2D eigenvalue weighted by Crippen LogP contribution is -2.74. The highest BCUT2D eigenvalue weighted by Crippen LogP contribution is 2.27. The Kier molecular flexibility index (Phi) is 4.74. The second-order valence-electron chi connectivity index (χ2n) is 8.66. The van der Waals surface area contributed by atoms with Gasteiger partial charge in [-0.1, -0.05) is 121 Å². The maximum absolute atomic E-state index is 2.50. The smallest absolute Gasteiger partial charge is 0.179 e. The molecule has 6 aromatic rings. The lowest BCUT2D eigenvalue weighted by Gasteiger charge is -2.34. The standard InChI is InChI=1S/C31H25NSi/c1-32-30-20-12-11-19-28(30)29-22-21-27(23-31(29)32)33(24-13-5-2-6-14-24,25-15-7-3-8-16-25)26-17-9-4-10-18-26/h2-23H,1H3. The average molecular weight is 440 g/mol. The van der Waals surface area contributed by atoms with E-state index in [0.717, 1.165) is 0 Å². The van der Waals surface area contributed by atoms with E-state index in [4.69, 9.17) is 0 Å². The molecule has 33 heavy (non-hydrogen) atoms. The molecule has 0 unspecified atom stereocenters. The maximum Gasteiger partial charge on any atom is 0.179 e. The normalized spacial score (nSPS) is 11.8. The lowest BCUT2D eigenvalue weighted by atomic mass is 10.1. The molecule has 1 aromatic heterocycles. The number of aryl methyl sites for hydroxylation is 1. The van der Waals surface area contributed by atoms with Crippen molar-refractivity contribution < 1.29 is 0 Å². The van der Waals surface area contributed by atoms with Crippen LogP contribution in [0.3, 0.4) is 0 Å². The summed E-state index contributed by atoms with van der Waals surface area (Å²) in [5.41, 5.74) is 2.56. The van der Waals surface area contributed by atoms with E-state index < -0.39 is 8.07 Å². The molecule has 0 aliphatic heterocycles. The first kappa shape index (κ1) is 19.8. The topological polar surface area (TPSA) is 4.93 Å². The van der Waals surface area contributed by atoms with Crippen molar-refractivity contribution in [3.8, 4) is 0 Å². The zero-order chi connectivity index (χ0) is 22.3. The molecule has 1 heterocycles. The lowest BCUT2D eigenvalue weighted by molar-refractivity contribution is 1.01. The molecule has 5 aromatic carbocycles. The van der Waals surface area contributed by atoms with Gasteiger partial charge in [0, 0.05) is 28.9 Å². The molecular weight excluding hydrogens is 414 g/mol. The number of benzene rings is 5. The van der Waals surface area contributed by atoms with E-state index in [9.17, 15) is 0 Å². The molecule has 0 fully saturated rings. The van der Waals surface area contributed by atoms with E-state index >= 15 is 0 Å². The molecule has 2 heteroatoms. The summed E-state index contributed by atoms with van der Waals surface area (Å²) in [6.07, 6.45) is 0. The van der Waals surface area contributed by atoms with Crippen LogP contribution in [0.15, 0.2) is 133 Å². The molecule has 0 N–H and O–H groups in total. The minimum absolute atomic E-state index is 1.27. The fourth-order valence-electron chi connectivity index (χ4n) is 5.46. The first-order chi connectivity index (χ1) is 16.3. The molecule has 158 valence electrons. The molecule has 0 amide bonds. The van der Waals surface area contributed by atoms with Gasteiger partial charge in [-0.3, -0.25) is 0 Å². The minimum atomic E-state index is -2.50. The van der Waals surface area contributed by atoms with E-state index in [1.165, 1.54) is 42.6 Å². The van der Waals surface area contributed by atoms with Gasteiger partial charge in [0.05, 0.1) is 0 Å². The van der Waals surface area contributed by atoms with Crippen LogP contribution in [-0.2, 0) is 7.05 Å². The first-order valence-electron chi connectivity index (χ1n) is 11.4. The van der Waals surface area contributed by atoms with Crippen LogP contribution < -0.4 is 20.7 Å². The molecule has 0 bridgehead atoms. The van der Waals surface area contributed by atoms with Crippen LogP contribution in [0, 0.1) is 0 Å². The highest BCUT2D eigenvalue weighted by Gasteiger charge is 2.41. The Morgan fingerprint density at radius 1 is 0.424 bits per heavy atom. The van der Waals surface area contributed by atoms with Crippen molar-refractivity contribution in [1.82, 2.24) is 4.57 Å². The third-order valence-corrected chi connectivity index (χ3v) is 11.7. The van der Waals surface area contributed by atoms with Crippen LogP contribution in [0.2, 0.25) is 0 Å². The third kappa shape index (κ3) is 2.99. The van der Waals surface area contributed by atoms with Crippen molar-refractivity contribution in [3.63, 3.8) is 0 Å². The quantitative estimate of drug-likeness (QED) is 0.277. The molecule has 0 spiro atoms. The summed E-state index contributed by atoms with van der Waals surface area (Å²) in [5, 5.41) is 8.24. The maximum atomic E-state index is 2.45. The predicted octanol–water partition coefficient (Wildman–Crippen LogP) is 4.71. The highest BCUT2D eigenvalue weighted by atomic mass is 28.3. The number of rotatable bonds is 4. The number of aromatic nitrogens is 1. The van der Waals surface area contributed by atoms with Crippen LogP contribution in [0.25, 0.3) is 21.8 Å². The zero-order valence-electron chi connectivity index (χ0n) is 18.6. The Morgan fingerprint density at radius 2 is 0.879 bits per heavy atom. The third-order valence-electron chi connectivity index (χ3n) is 6.97. The van der Waals surface area contributed by atoms with E-state index in [1.54, 1.807) is 0 Å². The minimum Gasteiger partial charge on any atom is -0.344 e. The molecule has 0 radical (unpaired) electrons. The first-order valence-corrected chi connectivity index (χ1v) is 13.4. The molecular formula is C31H25NSi. The van der Waals surface area contributed by atoms with Gasteiger partial charge in [-0.05, 0) is 32.9 Å². The van der Waals surface area contributed by atoms with Crippen molar-refractivity contribution in [2.24, 2.45) is 7.05 Å². The molecule has 0 saturated carbocycles. The van der Waals surface area contributed by atoms with Gasteiger partial charge in [0.25, 0.3) is 0 Å². The van der Waals surface area contributed by atoms with Crippen LogP contribution in [0.5, 0.6) is 0 Å². The molecule has 0 aliphatic rings.